The van der Waals surface area contributed by atoms with Crippen LogP contribution in [0.5, 0.6) is 0 Å². The third-order valence-electron chi connectivity index (χ3n) is 2.17. The highest BCUT2D eigenvalue weighted by Crippen LogP contribution is 2.15. The molecule has 0 atom stereocenters. The number of aliphatic hydroxyl groups is 1. The molecule has 2 rings (SSSR count). The van der Waals surface area contributed by atoms with E-state index in [2.05, 4.69) is 10.1 Å². The van der Waals surface area contributed by atoms with Gasteiger partial charge >= 0.3 is 0 Å². The van der Waals surface area contributed by atoms with Gasteiger partial charge in [0.05, 0.1) is 6.21 Å². The maximum atomic E-state index is 8.57. The highest BCUT2D eigenvalue weighted by Gasteiger charge is 2.06. The SMILES string of the molecule is OCCCO/N=C/c1c(Cl)nc2ccccn12. The number of aromatic nitrogens is 2. The number of rotatable bonds is 5. The molecule has 2 heterocycles. The molecule has 5 nitrogen and oxygen atoms in total. The molecule has 2 aromatic heterocycles. The molecule has 0 saturated heterocycles. The van der Waals surface area contributed by atoms with Crippen LogP contribution in [0.25, 0.3) is 5.65 Å². The number of aliphatic hydroxyl groups excluding tert-OH is 1. The van der Waals surface area contributed by atoms with E-state index >= 15 is 0 Å². The summed E-state index contributed by atoms with van der Waals surface area (Å²) in [5.74, 6) is 0. The Morgan fingerprint density at radius 2 is 2.41 bits per heavy atom. The van der Waals surface area contributed by atoms with Crippen LogP contribution >= 0.6 is 11.6 Å². The molecule has 0 spiro atoms. The van der Waals surface area contributed by atoms with Gasteiger partial charge in [-0.1, -0.05) is 22.8 Å². The zero-order valence-electron chi connectivity index (χ0n) is 9.08. The fourth-order valence-electron chi connectivity index (χ4n) is 1.37. The average molecular weight is 254 g/mol. The van der Waals surface area contributed by atoms with Gasteiger partial charge in [-0.25, -0.2) is 4.98 Å². The molecule has 90 valence electrons. The van der Waals surface area contributed by atoms with Crippen molar-refractivity contribution in [3.05, 3.63) is 35.2 Å². The number of fused-ring (bicyclic) bond motifs is 1. The Morgan fingerprint density at radius 1 is 1.53 bits per heavy atom. The summed E-state index contributed by atoms with van der Waals surface area (Å²) in [6, 6.07) is 5.63. The molecule has 6 heteroatoms. The van der Waals surface area contributed by atoms with Gasteiger partial charge < -0.3 is 9.94 Å². The van der Waals surface area contributed by atoms with E-state index in [-0.39, 0.29) is 6.61 Å². The maximum absolute atomic E-state index is 8.57. The van der Waals surface area contributed by atoms with E-state index < -0.39 is 0 Å². The number of hydrogen-bond acceptors (Lipinski definition) is 4. The minimum Gasteiger partial charge on any atom is -0.396 e. The van der Waals surface area contributed by atoms with Crippen molar-refractivity contribution in [2.45, 2.75) is 6.42 Å². The second-order valence-corrected chi connectivity index (χ2v) is 3.72. The van der Waals surface area contributed by atoms with Crippen LogP contribution in [-0.4, -0.2) is 33.9 Å². The van der Waals surface area contributed by atoms with Crippen molar-refractivity contribution in [2.24, 2.45) is 5.16 Å². The third-order valence-corrected chi connectivity index (χ3v) is 2.44. The lowest BCUT2D eigenvalue weighted by Crippen LogP contribution is -1.94. The Kier molecular flexibility index (Phi) is 3.95. The zero-order chi connectivity index (χ0) is 12.1. The summed E-state index contributed by atoms with van der Waals surface area (Å²) >= 11 is 5.99. The molecular formula is C11H12ClN3O2. The first kappa shape index (κ1) is 11.9. The van der Waals surface area contributed by atoms with Crippen molar-refractivity contribution in [1.29, 1.82) is 0 Å². The van der Waals surface area contributed by atoms with Crippen molar-refractivity contribution in [1.82, 2.24) is 9.38 Å². The monoisotopic (exact) mass is 253 g/mol. The van der Waals surface area contributed by atoms with Gasteiger partial charge in [0.1, 0.15) is 17.9 Å². The minimum absolute atomic E-state index is 0.0892. The lowest BCUT2D eigenvalue weighted by atomic mass is 10.4. The van der Waals surface area contributed by atoms with E-state index in [1.165, 1.54) is 6.21 Å². The first-order valence-electron chi connectivity index (χ1n) is 5.21. The van der Waals surface area contributed by atoms with Gasteiger partial charge in [-0.2, -0.15) is 0 Å². The van der Waals surface area contributed by atoms with Crippen LogP contribution in [0.1, 0.15) is 12.1 Å². The smallest absolute Gasteiger partial charge is 0.157 e. The van der Waals surface area contributed by atoms with Crippen LogP contribution in [0.15, 0.2) is 29.6 Å². The minimum atomic E-state index is 0.0892. The first-order valence-corrected chi connectivity index (χ1v) is 5.59. The molecule has 0 unspecified atom stereocenters. The second-order valence-electron chi connectivity index (χ2n) is 3.36. The van der Waals surface area contributed by atoms with Crippen molar-refractivity contribution < 1.29 is 9.94 Å². The van der Waals surface area contributed by atoms with Crippen molar-refractivity contribution in [2.75, 3.05) is 13.2 Å². The van der Waals surface area contributed by atoms with E-state index in [4.69, 9.17) is 21.5 Å². The van der Waals surface area contributed by atoms with Gasteiger partial charge in [0.15, 0.2) is 5.15 Å². The van der Waals surface area contributed by atoms with Crippen LogP contribution in [0, 0.1) is 0 Å². The normalized spacial score (nSPS) is 11.4. The molecule has 0 aliphatic heterocycles. The largest absolute Gasteiger partial charge is 0.396 e. The molecule has 2 aromatic rings. The van der Waals surface area contributed by atoms with E-state index in [0.717, 1.165) is 5.65 Å². The molecular weight excluding hydrogens is 242 g/mol. The highest BCUT2D eigenvalue weighted by molar-refractivity contribution is 6.32. The molecule has 0 bridgehead atoms. The van der Waals surface area contributed by atoms with Gasteiger partial charge in [0.25, 0.3) is 0 Å². The molecule has 0 aromatic carbocycles. The molecule has 1 N–H and O–H groups in total. The summed E-state index contributed by atoms with van der Waals surface area (Å²) in [5, 5.41) is 12.7. The first-order chi connectivity index (χ1) is 8.33. The quantitative estimate of drug-likeness (QED) is 0.501. The summed E-state index contributed by atoms with van der Waals surface area (Å²) in [4.78, 5) is 9.13. The summed E-state index contributed by atoms with van der Waals surface area (Å²) in [7, 11) is 0. The standard InChI is InChI=1S/C11H12ClN3O2/c12-11-9(8-13-17-7-3-6-16)15-5-2-1-4-10(15)14-11/h1-2,4-5,8,16H,3,6-7H2/b13-8+. The lowest BCUT2D eigenvalue weighted by Gasteiger charge is -1.97. The molecule has 0 saturated carbocycles. The number of pyridine rings is 1. The number of imidazole rings is 1. The van der Waals surface area contributed by atoms with Gasteiger partial charge in [-0.05, 0) is 12.1 Å². The van der Waals surface area contributed by atoms with Crippen LogP contribution < -0.4 is 0 Å². The highest BCUT2D eigenvalue weighted by atomic mass is 35.5. The van der Waals surface area contributed by atoms with E-state index in [1.54, 1.807) is 0 Å². The fraction of sp³-hybridized carbons (Fsp3) is 0.273. The Balaban J connectivity index is 2.15. The summed E-state index contributed by atoms with van der Waals surface area (Å²) in [6.07, 6.45) is 3.92. The van der Waals surface area contributed by atoms with Crippen LogP contribution in [-0.2, 0) is 4.84 Å². The average Bonchev–Trinajstić information content (AvgIpc) is 2.65. The summed E-state index contributed by atoms with van der Waals surface area (Å²) < 4.78 is 1.82. The predicted molar refractivity (Wildman–Crippen MR) is 65.5 cm³/mol. The van der Waals surface area contributed by atoms with Gasteiger partial charge in [0.2, 0.25) is 0 Å². The number of oxime groups is 1. The van der Waals surface area contributed by atoms with E-state index in [1.807, 2.05) is 28.8 Å². The molecule has 0 fully saturated rings. The number of nitrogens with zero attached hydrogens (tertiary/aromatic N) is 3. The Labute approximate surface area is 103 Å². The van der Waals surface area contributed by atoms with Gasteiger partial charge in [-0.15, -0.1) is 0 Å². The molecule has 0 amide bonds. The summed E-state index contributed by atoms with van der Waals surface area (Å²) in [5.41, 5.74) is 1.43. The van der Waals surface area contributed by atoms with Crippen molar-refractivity contribution >= 4 is 23.5 Å². The molecule has 0 aliphatic rings. The second kappa shape index (κ2) is 5.65. The molecule has 0 aliphatic carbocycles. The maximum Gasteiger partial charge on any atom is 0.157 e. The van der Waals surface area contributed by atoms with Crippen molar-refractivity contribution in [3.8, 4) is 0 Å². The predicted octanol–water partition coefficient (Wildman–Crippen LogP) is 1.72. The third kappa shape index (κ3) is 2.75. The van der Waals surface area contributed by atoms with E-state index in [9.17, 15) is 0 Å². The fourth-order valence-corrected chi connectivity index (χ4v) is 1.60. The number of halogens is 1. The Morgan fingerprint density at radius 3 is 3.24 bits per heavy atom. The topological polar surface area (TPSA) is 59.1 Å². The van der Waals surface area contributed by atoms with Crippen LogP contribution in [0.4, 0.5) is 0 Å². The van der Waals surface area contributed by atoms with Gasteiger partial charge in [0, 0.05) is 19.2 Å². The van der Waals surface area contributed by atoms with Crippen molar-refractivity contribution in [3.63, 3.8) is 0 Å². The zero-order valence-corrected chi connectivity index (χ0v) is 9.84. The van der Waals surface area contributed by atoms with Crippen LogP contribution in [0.2, 0.25) is 5.15 Å². The summed E-state index contributed by atoms with van der Waals surface area (Å²) in [6.45, 7) is 0.466. The number of hydrogen-bond donors (Lipinski definition) is 1. The Hall–Kier alpha value is -1.59. The van der Waals surface area contributed by atoms with E-state index in [0.29, 0.717) is 23.9 Å². The van der Waals surface area contributed by atoms with Crippen LogP contribution in [0.3, 0.4) is 0 Å². The Bertz CT molecular complexity index is 524. The molecule has 0 radical (unpaired) electrons. The lowest BCUT2D eigenvalue weighted by molar-refractivity contribution is 0.125. The molecule has 17 heavy (non-hydrogen) atoms. The van der Waals surface area contributed by atoms with Gasteiger partial charge in [-0.3, -0.25) is 4.40 Å².